The zero-order valence-electron chi connectivity index (χ0n) is 26.5. The predicted molar refractivity (Wildman–Crippen MR) is 158 cm³/mol. The number of piperazine rings is 1. The number of likely N-dealkylation sites (N-methyl/N-ethyl adjacent to an activating group) is 1. The minimum Gasteiger partial charge on any atom is -0.343 e. The summed E-state index contributed by atoms with van der Waals surface area (Å²) in [6, 6.07) is 2.21. The number of ketones is 2. The van der Waals surface area contributed by atoms with E-state index in [4.69, 9.17) is 0 Å². The van der Waals surface area contributed by atoms with E-state index in [0.717, 1.165) is 63.6 Å². The molecule has 6 heteroatoms. The molecule has 41 heavy (non-hydrogen) atoms. The number of fused-ring (bicyclic) bond motifs is 7. The van der Waals surface area contributed by atoms with Crippen molar-refractivity contribution in [2.75, 3.05) is 26.7 Å². The highest BCUT2D eigenvalue weighted by Crippen LogP contribution is 2.73. The summed E-state index contributed by atoms with van der Waals surface area (Å²) < 4.78 is 0. The summed E-state index contributed by atoms with van der Waals surface area (Å²) in [5.74, 6) is 0.509. The zero-order valence-corrected chi connectivity index (χ0v) is 26.5. The maximum absolute atomic E-state index is 14.7. The van der Waals surface area contributed by atoms with E-state index in [-0.39, 0.29) is 62.6 Å². The third-order valence-corrected chi connectivity index (χ3v) is 13.9. The number of nitriles is 1. The van der Waals surface area contributed by atoms with Gasteiger partial charge in [0.2, 0.25) is 5.91 Å². The van der Waals surface area contributed by atoms with E-state index in [0.29, 0.717) is 6.54 Å². The van der Waals surface area contributed by atoms with Gasteiger partial charge in [0.15, 0.2) is 11.6 Å². The average molecular weight is 560 g/mol. The molecule has 4 fully saturated rings. The van der Waals surface area contributed by atoms with Gasteiger partial charge in [0.1, 0.15) is 6.07 Å². The molecule has 0 spiro atoms. The summed E-state index contributed by atoms with van der Waals surface area (Å²) in [5, 5.41) is 9.96. The molecule has 0 unspecified atom stereocenters. The number of carbonyl (C=O) groups excluding carboxylic acids is 3. The largest absolute Gasteiger partial charge is 0.343 e. The lowest BCUT2D eigenvalue weighted by Gasteiger charge is -2.70. The van der Waals surface area contributed by atoms with Crippen LogP contribution in [0, 0.1) is 56.2 Å². The summed E-state index contributed by atoms with van der Waals surface area (Å²) in [7, 11) is 1.90. The number of hydrogen-bond acceptors (Lipinski definition) is 5. The molecule has 0 bridgehead atoms. The second-order valence-corrected chi connectivity index (χ2v) is 16.6. The van der Waals surface area contributed by atoms with Crippen molar-refractivity contribution in [3.05, 3.63) is 23.3 Å². The summed E-state index contributed by atoms with van der Waals surface area (Å²) in [6.45, 7) is 17.8. The van der Waals surface area contributed by atoms with Crippen LogP contribution in [0.25, 0.3) is 0 Å². The number of hydrogen-bond donors (Lipinski definition) is 0. The Balaban J connectivity index is 1.49. The van der Waals surface area contributed by atoms with E-state index in [2.05, 4.69) is 45.6 Å². The van der Waals surface area contributed by atoms with Gasteiger partial charge in [-0.2, -0.15) is 5.26 Å². The van der Waals surface area contributed by atoms with Gasteiger partial charge in [-0.15, -0.1) is 0 Å². The minimum atomic E-state index is -0.652. The van der Waals surface area contributed by atoms with Gasteiger partial charge in [-0.05, 0) is 79.1 Å². The minimum absolute atomic E-state index is 0.0551. The van der Waals surface area contributed by atoms with Gasteiger partial charge in [0, 0.05) is 42.4 Å². The highest BCUT2D eigenvalue weighted by molar-refractivity contribution is 6.04. The van der Waals surface area contributed by atoms with Crippen molar-refractivity contribution in [1.82, 2.24) is 9.80 Å². The van der Waals surface area contributed by atoms with Crippen molar-refractivity contribution in [3.8, 4) is 6.07 Å². The summed E-state index contributed by atoms with van der Waals surface area (Å²) in [4.78, 5) is 45.3. The van der Waals surface area contributed by atoms with Gasteiger partial charge >= 0.3 is 0 Å². The van der Waals surface area contributed by atoms with E-state index < -0.39 is 10.8 Å². The molecule has 0 aromatic heterocycles. The molecule has 3 saturated carbocycles. The lowest BCUT2D eigenvalue weighted by molar-refractivity contribution is -0.183. The Morgan fingerprint density at radius 1 is 0.927 bits per heavy atom. The molecular weight excluding hydrogens is 510 g/mol. The highest BCUT2D eigenvalue weighted by atomic mass is 16.2. The van der Waals surface area contributed by atoms with Crippen LogP contribution in [-0.4, -0.2) is 59.5 Å². The second kappa shape index (κ2) is 8.65. The Hall–Kier alpha value is -2.26. The molecular formula is C35H49N3O3. The monoisotopic (exact) mass is 559 g/mol. The van der Waals surface area contributed by atoms with Crippen LogP contribution in [0.15, 0.2) is 23.3 Å². The van der Waals surface area contributed by atoms with Crippen LogP contribution >= 0.6 is 0 Å². The Morgan fingerprint density at radius 3 is 2.27 bits per heavy atom. The summed E-state index contributed by atoms with van der Waals surface area (Å²) >= 11 is 0. The lowest BCUT2D eigenvalue weighted by atomic mass is 9.35. The first kappa shape index (κ1) is 28.8. The first-order valence-electron chi connectivity index (χ1n) is 15.9. The summed E-state index contributed by atoms with van der Waals surface area (Å²) in [6.07, 6.45) is 10.9. The molecule has 222 valence electrons. The molecule has 6 aliphatic rings. The van der Waals surface area contributed by atoms with Crippen LogP contribution in [0.4, 0.5) is 0 Å². The van der Waals surface area contributed by atoms with Crippen LogP contribution in [0.3, 0.4) is 0 Å². The molecule has 7 atom stereocenters. The summed E-state index contributed by atoms with van der Waals surface area (Å²) in [5.41, 5.74) is -0.184. The molecule has 1 aliphatic heterocycles. The fraction of sp³-hybridized carbons (Fsp3) is 0.771. The standard InChI is InChI=1S/C35H49N3O3/c1-30(2)11-13-35(38-16-15-37(8)27(40)21-38)14-12-34(7)28(23(35)19-30)24(39)17-26-32(5)18-22(20-36)29(41)31(3,4)25(32)9-10-33(26,34)6/h17-18,23,25,28H,9-16,19,21H2,1-8H3/t23-,25-,28-,32-,33+,34+,35-/m0/s1. The third-order valence-electron chi connectivity index (χ3n) is 13.9. The number of rotatable bonds is 1. The number of Topliss-reactive ketones (excluding diaryl/α,β-unsaturated/α-hetero) is 1. The Kier molecular flexibility index (Phi) is 6.08. The first-order valence-corrected chi connectivity index (χ1v) is 15.9. The van der Waals surface area contributed by atoms with Crippen molar-refractivity contribution in [1.29, 1.82) is 5.26 Å². The van der Waals surface area contributed by atoms with E-state index in [1.54, 1.807) is 0 Å². The molecule has 1 saturated heterocycles. The molecule has 1 heterocycles. The van der Waals surface area contributed by atoms with Gasteiger partial charge < -0.3 is 4.90 Å². The predicted octanol–water partition coefficient (Wildman–Crippen LogP) is 5.73. The smallest absolute Gasteiger partial charge is 0.236 e. The van der Waals surface area contributed by atoms with Gasteiger partial charge in [-0.3, -0.25) is 19.3 Å². The fourth-order valence-corrected chi connectivity index (χ4v) is 11.3. The SMILES string of the molecule is CN1CCN([C@]23CCC(C)(C)C[C@H]2[C@H]2C(=O)C=C4[C@@]5(C)C=C(C#N)C(=O)C(C)(C)[C@@H]5CC[C@@]4(C)[C@]2(C)CC3)CC1=O. The van der Waals surface area contributed by atoms with Crippen LogP contribution in [0.2, 0.25) is 0 Å². The van der Waals surface area contributed by atoms with Crippen molar-refractivity contribution < 1.29 is 14.4 Å². The highest BCUT2D eigenvalue weighted by Gasteiger charge is 2.70. The van der Waals surface area contributed by atoms with Crippen molar-refractivity contribution in [2.45, 2.75) is 99.0 Å². The van der Waals surface area contributed by atoms with Gasteiger partial charge in [0.25, 0.3) is 0 Å². The van der Waals surface area contributed by atoms with E-state index in [9.17, 15) is 19.6 Å². The van der Waals surface area contributed by atoms with E-state index in [1.165, 1.54) is 0 Å². The number of nitrogens with zero attached hydrogens (tertiary/aromatic N) is 3. The zero-order chi connectivity index (χ0) is 30.0. The van der Waals surface area contributed by atoms with Crippen LogP contribution < -0.4 is 0 Å². The van der Waals surface area contributed by atoms with Crippen molar-refractivity contribution in [3.63, 3.8) is 0 Å². The number of amides is 1. The molecule has 0 aromatic carbocycles. The number of carbonyl (C=O) groups is 3. The Morgan fingerprint density at radius 2 is 1.61 bits per heavy atom. The maximum atomic E-state index is 14.7. The van der Waals surface area contributed by atoms with E-state index in [1.807, 2.05) is 37.9 Å². The Bertz CT molecular complexity index is 1330. The Labute approximate surface area is 246 Å². The van der Waals surface area contributed by atoms with Gasteiger partial charge in [-0.1, -0.05) is 60.1 Å². The maximum Gasteiger partial charge on any atom is 0.236 e. The molecule has 0 aromatic rings. The molecule has 0 radical (unpaired) electrons. The first-order chi connectivity index (χ1) is 19.0. The second-order valence-electron chi connectivity index (χ2n) is 16.6. The van der Waals surface area contributed by atoms with Gasteiger partial charge in [0.05, 0.1) is 12.1 Å². The van der Waals surface area contributed by atoms with Crippen LogP contribution in [-0.2, 0) is 14.4 Å². The normalized spacial score (nSPS) is 45.4. The molecule has 5 aliphatic carbocycles. The number of allylic oxidation sites excluding steroid dienone is 4. The molecule has 1 amide bonds. The molecule has 0 N–H and O–H groups in total. The average Bonchev–Trinajstić information content (AvgIpc) is 2.89. The van der Waals surface area contributed by atoms with Crippen LogP contribution in [0.5, 0.6) is 0 Å². The topological polar surface area (TPSA) is 81.5 Å². The van der Waals surface area contributed by atoms with Gasteiger partial charge in [-0.25, -0.2) is 0 Å². The van der Waals surface area contributed by atoms with Crippen molar-refractivity contribution in [2.24, 2.45) is 44.8 Å². The molecule has 6 rings (SSSR count). The van der Waals surface area contributed by atoms with E-state index >= 15 is 0 Å². The lowest BCUT2D eigenvalue weighted by Crippen LogP contribution is -2.71. The third kappa shape index (κ3) is 3.60. The van der Waals surface area contributed by atoms with Crippen molar-refractivity contribution >= 4 is 17.5 Å². The quantitative estimate of drug-likeness (QED) is 0.410. The molecule has 6 nitrogen and oxygen atoms in total. The van der Waals surface area contributed by atoms with Crippen LogP contribution in [0.1, 0.15) is 93.4 Å². The fourth-order valence-electron chi connectivity index (χ4n) is 11.3.